The van der Waals surface area contributed by atoms with Crippen LogP contribution in [0.2, 0.25) is 0 Å². The van der Waals surface area contributed by atoms with Crippen molar-refractivity contribution in [2.75, 3.05) is 38.6 Å². The number of aryl methyl sites for hydroxylation is 1. The first-order chi connectivity index (χ1) is 18.3. The highest BCUT2D eigenvalue weighted by Gasteiger charge is 2.76. The molecule has 4 fully saturated rings. The van der Waals surface area contributed by atoms with Crippen molar-refractivity contribution in [2.45, 2.75) is 82.8 Å². The van der Waals surface area contributed by atoms with Crippen LogP contribution in [-0.4, -0.2) is 76.6 Å². The highest BCUT2D eigenvalue weighted by atomic mass is 35.5. The zero-order valence-corrected chi connectivity index (χ0v) is 23.8. The molecule has 3 heterocycles. The summed E-state index contributed by atoms with van der Waals surface area (Å²) in [6, 6.07) is 2.73. The van der Waals surface area contributed by atoms with Gasteiger partial charge in [-0.2, -0.15) is 0 Å². The third-order valence-electron chi connectivity index (χ3n) is 9.62. The Balaban J connectivity index is 0.00000353. The van der Waals surface area contributed by atoms with Crippen molar-refractivity contribution in [2.24, 2.45) is 17.6 Å². The fourth-order valence-electron chi connectivity index (χ4n) is 7.46. The Hall–Kier alpha value is -2.43. The van der Waals surface area contributed by atoms with Crippen LogP contribution in [0.25, 0.3) is 0 Å². The molecule has 0 aromatic carbocycles. The zero-order valence-electron chi connectivity index (χ0n) is 23.0. The summed E-state index contributed by atoms with van der Waals surface area (Å²) in [5.41, 5.74) is 12.7. The number of anilines is 1. The number of nitrogens with two attached hydrogens (primary N) is 2. The second-order valence-electron chi connectivity index (χ2n) is 11.8. The number of halogens is 1. The Kier molecular flexibility index (Phi) is 9.08. The van der Waals surface area contributed by atoms with Gasteiger partial charge in [-0.3, -0.25) is 4.79 Å². The summed E-state index contributed by atoms with van der Waals surface area (Å²) in [7, 11) is 0. The lowest BCUT2D eigenvalue weighted by Gasteiger charge is -2.47. The van der Waals surface area contributed by atoms with E-state index < -0.39 is 17.5 Å². The minimum absolute atomic E-state index is 0. The fraction of sp³-hybridized carbons (Fsp3) is 0.714. The van der Waals surface area contributed by atoms with Gasteiger partial charge < -0.3 is 26.4 Å². The molecule has 4 amide bonds. The summed E-state index contributed by atoms with van der Waals surface area (Å²) in [5, 5.41) is 3.14. The van der Waals surface area contributed by atoms with Gasteiger partial charge in [-0.25, -0.2) is 19.1 Å². The number of urea groups is 1. The number of nitrogens with one attached hydrogen (secondary N) is 1. The first-order valence-electron chi connectivity index (χ1n) is 14.3. The van der Waals surface area contributed by atoms with Gasteiger partial charge in [0.1, 0.15) is 18.4 Å². The van der Waals surface area contributed by atoms with E-state index in [1.807, 2.05) is 13.0 Å². The first kappa shape index (κ1) is 29.6. The van der Waals surface area contributed by atoms with E-state index in [1.165, 1.54) is 6.42 Å². The molecular formula is C28H44ClN6O4+. The molecule has 1 aromatic heterocycles. The van der Waals surface area contributed by atoms with Crippen molar-refractivity contribution in [3.05, 3.63) is 23.4 Å². The molecule has 216 valence electrons. The van der Waals surface area contributed by atoms with Crippen LogP contribution < -0.4 is 16.8 Å². The van der Waals surface area contributed by atoms with Crippen LogP contribution in [0.5, 0.6) is 0 Å². The van der Waals surface area contributed by atoms with E-state index in [9.17, 15) is 14.4 Å². The average Bonchev–Trinajstić information content (AvgIpc) is 3.68. The Morgan fingerprint density at radius 1 is 1.15 bits per heavy atom. The number of fused-ring (bicyclic) bond motifs is 1. The molecule has 4 atom stereocenters. The number of likely N-dealkylation sites (tertiary alicyclic amines) is 1. The number of hydrogen-bond acceptors (Lipinski definition) is 6. The van der Waals surface area contributed by atoms with Crippen molar-refractivity contribution < 1.29 is 23.6 Å². The second-order valence-corrected chi connectivity index (χ2v) is 11.8. The maximum absolute atomic E-state index is 14.9. The molecule has 2 saturated heterocycles. The third-order valence-corrected chi connectivity index (χ3v) is 9.62. The van der Waals surface area contributed by atoms with Crippen LogP contribution >= 0.6 is 12.4 Å². The summed E-state index contributed by atoms with van der Waals surface area (Å²) in [4.78, 5) is 47.6. The van der Waals surface area contributed by atoms with Crippen LogP contribution in [0.3, 0.4) is 0 Å². The quantitative estimate of drug-likeness (QED) is 0.436. The van der Waals surface area contributed by atoms with Crippen molar-refractivity contribution >= 4 is 36.1 Å². The maximum atomic E-state index is 14.9. The molecule has 1 aromatic rings. The number of nitrogen functional groups attached to an aromatic ring is 1. The molecular weight excluding hydrogens is 520 g/mol. The predicted octanol–water partition coefficient (Wildman–Crippen LogP) is 2.66. The van der Waals surface area contributed by atoms with E-state index in [2.05, 4.69) is 10.3 Å². The highest BCUT2D eigenvalue weighted by Crippen LogP contribution is 2.59. The number of carbonyl (C=O) groups excluding carboxylic acids is 3. The number of morpholine rings is 1. The van der Waals surface area contributed by atoms with Gasteiger partial charge in [0.15, 0.2) is 5.54 Å². The van der Waals surface area contributed by atoms with E-state index in [0.717, 1.165) is 49.8 Å². The molecule has 2 aliphatic heterocycles. The van der Waals surface area contributed by atoms with Crippen LogP contribution in [-0.2, 0) is 20.9 Å². The van der Waals surface area contributed by atoms with Crippen LogP contribution in [0.1, 0.15) is 69.0 Å². The molecule has 0 spiro atoms. The van der Waals surface area contributed by atoms with E-state index in [1.54, 1.807) is 11.0 Å². The van der Waals surface area contributed by atoms with Crippen molar-refractivity contribution in [3.63, 3.8) is 0 Å². The summed E-state index contributed by atoms with van der Waals surface area (Å²) in [5.74, 6) is 0.378. The lowest BCUT2D eigenvalue weighted by molar-refractivity contribution is -0.900. The number of piperidine rings is 1. The highest BCUT2D eigenvalue weighted by molar-refractivity contribution is 5.92. The maximum Gasteiger partial charge on any atom is 0.337 e. The van der Waals surface area contributed by atoms with E-state index in [-0.39, 0.29) is 34.7 Å². The van der Waals surface area contributed by atoms with Crippen molar-refractivity contribution in [1.82, 2.24) is 15.2 Å². The first-order valence-corrected chi connectivity index (χ1v) is 14.3. The minimum atomic E-state index is -0.933. The van der Waals surface area contributed by atoms with Gasteiger partial charge >= 0.3 is 11.9 Å². The lowest BCUT2D eigenvalue weighted by Crippen LogP contribution is -2.71. The molecule has 5 N–H and O–H groups in total. The zero-order chi connectivity index (χ0) is 26.9. The minimum Gasteiger partial charge on any atom is -0.384 e. The molecule has 5 rings (SSSR count). The summed E-state index contributed by atoms with van der Waals surface area (Å²) >= 11 is 0. The standard InChI is InChI=1S/C28H42N6O4.ClH/c1-19-21(9-10-24(29)31-19)18-34(13-5-8-22-17-28(22,34)26(30)36)25(35)23(16-20-6-3-2-4-7-20)32-27(37)33-11-14-38-15-12-33;/h9-10,20,22-23H,2-8,11-18H2,1H3,(H4-,29,30,31,32,36,37);1H/p+1/t22-,23-,28+,34?;/m1./s1. The number of hydrogen-bond donors (Lipinski definition) is 3. The Morgan fingerprint density at radius 3 is 2.54 bits per heavy atom. The SMILES string of the molecule is Cc1nc(N)ccc1C[N+]1(C(=O)[C@@H](CC2CCCCC2)NC(=O)N2CCOCC2)CCC[C@@H]2C[C@@]21C(N)=O.Cl. The number of aromatic nitrogens is 1. The molecule has 1 unspecified atom stereocenters. The smallest absolute Gasteiger partial charge is 0.337 e. The molecule has 39 heavy (non-hydrogen) atoms. The number of quaternary nitrogens is 1. The van der Waals surface area contributed by atoms with Crippen LogP contribution in [0.15, 0.2) is 12.1 Å². The molecule has 0 bridgehead atoms. The monoisotopic (exact) mass is 563 g/mol. The van der Waals surface area contributed by atoms with Gasteiger partial charge in [-0.05, 0) is 44.2 Å². The van der Waals surface area contributed by atoms with Gasteiger partial charge in [0.25, 0.3) is 5.91 Å². The van der Waals surface area contributed by atoms with Gasteiger partial charge in [0.05, 0.1) is 19.8 Å². The summed E-state index contributed by atoms with van der Waals surface area (Å²) in [6.07, 6.45) is 8.55. The van der Waals surface area contributed by atoms with Crippen LogP contribution in [0, 0.1) is 18.8 Å². The van der Waals surface area contributed by atoms with Gasteiger partial charge in [0, 0.05) is 36.7 Å². The summed E-state index contributed by atoms with van der Waals surface area (Å²) < 4.78 is 5.38. The van der Waals surface area contributed by atoms with E-state index >= 15 is 0 Å². The molecule has 11 heteroatoms. The normalized spacial score (nSPS) is 29.5. The topological polar surface area (TPSA) is 141 Å². The molecule has 0 radical (unpaired) electrons. The number of pyridine rings is 1. The van der Waals surface area contributed by atoms with E-state index in [0.29, 0.717) is 64.0 Å². The van der Waals surface area contributed by atoms with Crippen LogP contribution in [0.4, 0.5) is 10.6 Å². The fourth-order valence-corrected chi connectivity index (χ4v) is 7.46. The summed E-state index contributed by atoms with van der Waals surface area (Å²) in [6.45, 7) is 4.72. The second kappa shape index (κ2) is 12.0. The molecule has 10 nitrogen and oxygen atoms in total. The van der Waals surface area contributed by atoms with Gasteiger partial charge in [-0.1, -0.05) is 32.1 Å². The number of rotatable bonds is 7. The molecule has 2 saturated carbocycles. The van der Waals surface area contributed by atoms with Crippen molar-refractivity contribution in [1.29, 1.82) is 0 Å². The largest absolute Gasteiger partial charge is 0.384 e. The third kappa shape index (κ3) is 5.60. The number of primary amides is 1. The number of amides is 4. The molecule has 4 aliphatic rings. The molecule has 2 aliphatic carbocycles. The number of nitrogens with zero attached hydrogens (tertiary/aromatic N) is 3. The van der Waals surface area contributed by atoms with E-state index in [4.69, 9.17) is 16.2 Å². The van der Waals surface area contributed by atoms with Gasteiger partial charge in [-0.15, -0.1) is 12.4 Å². The average molecular weight is 564 g/mol. The van der Waals surface area contributed by atoms with Crippen molar-refractivity contribution in [3.8, 4) is 0 Å². The van der Waals surface area contributed by atoms with Gasteiger partial charge in [0.2, 0.25) is 0 Å². The Morgan fingerprint density at radius 2 is 1.87 bits per heavy atom. The lowest BCUT2D eigenvalue weighted by atomic mass is 9.83. The predicted molar refractivity (Wildman–Crippen MR) is 150 cm³/mol. The number of ether oxygens (including phenoxy) is 1. The Labute approximate surface area is 237 Å². The Bertz CT molecular complexity index is 1080. The number of carbonyl (C=O) groups is 3.